The minimum absolute atomic E-state index is 0.0858. The van der Waals surface area contributed by atoms with Crippen LogP contribution in [0.3, 0.4) is 0 Å². The maximum atomic E-state index is 12.2. The molecular formula is C42H70O7. The quantitative estimate of drug-likeness (QED) is 0.0645. The molecule has 0 spiro atoms. The molecule has 0 saturated carbocycles. The van der Waals surface area contributed by atoms with E-state index in [-0.39, 0.29) is 25.2 Å². The zero-order valence-corrected chi connectivity index (χ0v) is 31.9. The van der Waals surface area contributed by atoms with Crippen molar-refractivity contribution in [1.29, 1.82) is 0 Å². The van der Waals surface area contributed by atoms with Crippen molar-refractivity contribution < 1.29 is 33.0 Å². The molecule has 2 aromatic heterocycles. The first-order valence-corrected chi connectivity index (χ1v) is 19.9. The van der Waals surface area contributed by atoms with Crippen molar-refractivity contribution in [3.05, 3.63) is 45.8 Å². The SMILES string of the molecule is CCCc1cc(C)c(CCCCCCCCCCC(=O)O[C@@H](CO)COC(=O)CCCCCCCCCCc2oc(CCC)c(C)c2C)o1. The van der Waals surface area contributed by atoms with Crippen LogP contribution in [0, 0.1) is 20.8 Å². The van der Waals surface area contributed by atoms with Crippen molar-refractivity contribution in [1.82, 2.24) is 0 Å². The molecular weight excluding hydrogens is 616 g/mol. The summed E-state index contributed by atoms with van der Waals surface area (Å²) < 4.78 is 22.7. The van der Waals surface area contributed by atoms with E-state index in [4.69, 9.17) is 18.3 Å². The van der Waals surface area contributed by atoms with Crippen LogP contribution in [-0.4, -0.2) is 36.4 Å². The first-order valence-electron chi connectivity index (χ1n) is 19.9. The van der Waals surface area contributed by atoms with E-state index in [9.17, 15) is 14.7 Å². The number of carbonyl (C=O) groups is 2. The average molecular weight is 687 g/mol. The summed E-state index contributed by atoms with van der Waals surface area (Å²) in [5, 5.41) is 9.59. The number of furan rings is 2. The first kappa shape index (κ1) is 42.6. The van der Waals surface area contributed by atoms with E-state index in [1.807, 2.05) is 0 Å². The molecule has 0 unspecified atom stereocenters. The summed E-state index contributed by atoms with van der Waals surface area (Å²) in [4.78, 5) is 24.4. The van der Waals surface area contributed by atoms with Crippen LogP contribution in [0.2, 0.25) is 0 Å². The Morgan fingerprint density at radius 3 is 1.61 bits per heavy atom. The number of carbonyl (C=O) groups excluding carboxylic acids is 2. The van der Waals surface area contributed by atoms with Crippen LogP contribution in [0.1, 0.15) is 182 Å². The van der Waals surface area contributed by atoms with Crippen molar-refractivity contribution in [2.24, 2.45) is 0 Å². The number of ether oxygens (including phenoxy) is 2. The van der Waals surface area contributed by atoms with Crippen LogP contribution in [0.4, 0.5) is 0 Å². The van der Waals surface area contributed by atoms with Gasteiger partial charge in [-0.1, -0.05) is 90.9 Å². The number of rotatable bonds is 30. The van der Waals surface area contributed by atoms with Crippen molar-refractivity contribution in [2.75, 3.05) is 13.2 Å². The summed E-state index contributed by atoms with van der Waals surface area (Å²) in [6, 6.07) is 2.19. The molecule has 0 amide bonds. The van der Waals surface area contributed by atoms with Crippen molar-refractivity contribution in [2.45, 2.75) is 195 Å². The van der Waals surface area contributed by atoms with Gasteiger partial charge < -0.3 is 23.4 Å². The lowest BCUT2D eigenvalue weighted by molar-refractivity contribution is -0.161. The van der Waals surface area contributed by atoms with Gasteiger partial charge in [0.1, 0.15) is 29.6 Å². The summed E-state index contributed by atoms with van der Waals surface area (Å²) in [6.07, 6.45) is 24.1. The second kappa shape index (κ2) is 26.3. The molecule has 0 saturated heterocycles. The van der Waals surface area contributed by atoms with Gasteiger partial charge in [0, 0.05) is 38.5 Å². The molecule has 2 rings (SSSR count). The molecule has 1 atom stereocenters. The first-order chi connectivity index (χ1) is 23.8. The molecule has 49 heavy (non-hydrogen) atoms. The van der Waals surface area contributed by atoms with Gasteiger partial charge in [-0.15, -0.1) is 0 Å². The summed E-state index contributed by atoms with van der Waals surface area (Å²) in [6.45, 7) is 10.4. The Morgan fingerprint density at radius 1 is 0.612 bits per heavy atom. The predicted octanol–water partition coefficient (Wildman–Crippen LogP) is 11.0. The highest BCUT2D eigenvalue weighted by Gasteiger charge is 2.16. The van der Waals surface area contributed by atoms with Crippen molar-refractivity contribution >= 4 is 11.9 Å². The fourth-order valence-corrected chi connectivity index (χ4v) is 6.49. The van der Waals surface area contributed by atoms with E-state index in [0.29, 0.717) is 12.8 Å². The Kier molecular flexibility index (Phi) is 22.9. The van der Waals surface area contributed by atoms with Gasteiger partial charge in [-0.25, -0.2) is 0 Å². The maximum Gasteiger partial charge on any atom is 0.306 e. The molecule has 2 aromatic rings. The van der Waals surface area contributed by atoms with Gasteiger partial charge >= 0.3 is 11.9 Å². The Bertz CT molecular complexity index is 1160. The average Bonchev–Trinajstić information content (AvgIpc) is 3.57. The molecule has 0 fully saturated rings. The molecule has 0 radical (unpaired) electrons. The number of unbranched alkanes of at least 4 members (excludes halogenated alkanes) is 14. The molecule has 1 N–H and O–H groups in total. The Labute approximate surface area is 298 Å². The monoisotopic (exact) mass is 687 g/mol. The van der Waals surface area contributed by atoms with Gasteiger partial charge in [-0.3, -0.25) is 9.59 Å². The second-order valence-corrected chi connectivity index (χ2v) is 14.2. The predicted molar refractivity (Wildman–Crippen MR) is 198 cm³/mol. The van der Waals surface area contributed by atoms with E-state index in [0.717, 1.165) is 94.3 Å². The third-order valence-electron chi connectivity index (χ3n) is 9.69. The zero-order chi connectivity index (χ0) is 35.7. The zero-order valence-electron chi connectivity index (χ0n) is 31.9. The van der Waals surface area contributed by atoms with Gasteiger partial charge in [0.25, 0.3) is 0 Å². The fourth-order valence-electron chi connectivity index (χ4n) is 6.49. The van der Waals surface area contributed by atoms with E-state index in [1.165, 1.54) is 86.7 Å². The molecule has 2 heterocycles. The van der Waals surface area contributed by atoms with E-state index < -0.39 is 6.10 Å². The van der Waals surface area contributed by atoms with Gasteiger partial charge in [-0.2, -0.15) is 0 Å². The van der Waals surface area contributed by atoms with E-state index in [1.54, 1.807) is 0 Å². The molecule has 0 aliphatic rings. The molecule has 0 aliphatic heterocycles. The Hall–Kier alpha value is -2.54. The largest absolute Gasteiger partial charge is 0.466 e. The molecule has 0 aliphatic carbocycles. The van der Waals surface area contributed by atoms with Crippen LogP contribution in [0.25, 0.3) is 0 Å². The smallest absolute Gasteiger partial charge is 0.306 e. The van der Waals surface area contributed by atoms with Gasteiger partial charge in [0.2, 0.25) is 0 Å². The lowest BCUT2D eigenvalue weighted by Crippen LogP contribution is -2.28. The third-order valence-corrected chi connectivity index (χ3v) is 9.69. The summed E-state index contributed by atoms with van der Waals surface area (Å²) >= 11 is 0. The highest BCUT2D eigenvalue weighted by Crippen LogP contribution is 2.25. The molecule has 7 nitrogen and oxygen atoms in total. The maximum absolute atomic E-state index is 12.2. The Balaban J connectivity index is 1.38. The number of aliphatic hydroxyl groups excluding tert-OH is 1. The highest BCUT2D eigenvalue weighted by atomic mass is 16.6. The number of hydrogen-bond donors (Lipinski definition) is 1. The van der Waals surface area contributed by atoms with E-state index >= 15 is 0 Å². The lowest BCUT2D eigenvalue weighted by Gasteiger charge is -2.15. The highest BCUT2D eigenvalue weighted by molar-refractivity contribution is 5.70. The number of hydrogen-bond acceptors (Lipinski definition) is 7. The minimum Gasteiger partial charge on any atom is -0.466 e. The molecule has 7 heteroatoms. The summed E-state index contributed by atoms with van der Waals surface area (Å²) in [7, 11) is 0. The van der Waals surface area contributed by atoms with Gasteiger partial charge in [-0.05, 0) is 82.1 Å². The van der Waals surface area contributed by atoms with Gasteiger partial charge in [0.05, 0.1) is 6.61 Å². The summed E-state index contributed by atoms with van der Waals surface area (Å²) in [5.74, 6) is 3.98. The molecule has 0 bridgehead atoms. The van der Waals surface area contributed by atoms with E-state index in [2.05, 4.69) is 40.7 Å². The van der Waals surface area contributed by atoms with Crippen LogP contribution < -0.4 is 0 Å². The second-order valence-electron chi connectivity index (χ2n) is 14.2. The lowest BCUT2D eigenvalue weighted by atomic mass is 10.0. The number of esters is 2. The fraction of sp³-hybridized carbons (Fsp3) is 0.762. The molecule has 280 valence electrons. The minimum atomic E-state index is -0.793. The summed E-state index contributed by atoms with van der Waals surface area (Å²) in [5.41, 5.74) is 3.96. The van der Waals surface area contributed by atoms with Crippen LogP contribution in [0.15, 0.2) is 14.9 Å². The molecule has 0 aromatic carbocycles. The third kappa shape index (κ3) is 18.3. The van der Waals surface area contributed by atoms with Crippen molar-refractivity contribution in [3.63, 3.8) is 0 Å². The normalized spacial score (nSPS) is 12.0. The van der Waals surface area contributed by atoms with Crippen molar-refractivity contribution in [3.8, 4) is 0 Å². The van der Waals surface area contributed by atoms with Crippen LogP contribution in [0.5, 0.6) is 0 Å². The Morgan fingerprint density at radius 2 is 1.08 bits per heavy atom. The topological polar surface area (TPSA) is 99.1 Å². The standard InChI is InChI=1S/C42H70O7/c1-6-24-36-30-33(3)38(47-36)26-20-16-12-8-11-15-19-23-29-42(45)48-37(31-43)32-46-41(44)28-22-18-14-10-9-13-17-21-27-40-35(5)34(4)39(49-40)25-7-2/h30,37,43H,6-29,31-32H2,1-5H3/t37-/m0/s1. The van der Waals surface area contributed by atoms with Crippen LogP contribution in [-0.2, 0) is 44.7 Å². The number of aliphatic hydroxyl groups is 1. The van der Waals surface area contributed by atoms with Gasteiger partial charge in [0.15, 0.2) is 6.10 Å². The number of aryl methyl sites for hydroxylation is 5. The van der Waals surface area contributed by atoms with Crippen LogP contribution >= 0.6 is 0 Å².